The van der Waals surface area contributed by atoms with Gasteiger partial charge in [0.15, 0.2) is 0 Å². The molecule has 0 bridgehead atoms. The van der Waals surface area contributed by atoms with Gasteiger partial charge in [0.2, 0.25) is 5.91 Å². The second-order valence-electron chi connectivity index (χ2n) is 7.80. The SMILES string of the molecule is CC1CCCCC12NC(=O)N(CC(=O)NC(=O)NC1CCCCC1)C2=O. The first kappa shape index (κ1) is 18.7. The Labute approximate surface area is 153 Å². The number of nitrogens with one attached hydrogen (secondary N) is 3. The summed E-state index contributed by atoms with van der Waals surface area (Å²) in [5.74, 6) is -0.963. The third-order valence-electron chi connectivity index (χ3n) is 6.00. The molecule has 1 spiro atoms. The van der Waals surface area contributed by atoms with Gasteiger partial charge in [0.25, 0.3) is 5.91 Å². The van der Waals surface area contributed by atoms with Crippen molar-refractivity contribution in [2.45, 2.75) is 76.3 Å². The predicted molar refractivity (Wildman–Crippen MR) is 94.2 cm³/mol. The molecule has 8 nitrogen and oxygen atoms in total. The summed E-state index contributed by atoms with van der Waals surface area (Å²) in [5, 5.41) is 7.82. The van der Waals surface area contributed by atoms with Gasteiger partial charge in [0.05, 0.1) is 0 Å². The Morgan fingerprint density at radius 3 is 2.50 bits per heavy atom. The van der Waals surface area contributed by atoms with Gasteiger partial charge >= 0.3 is 12.1 Å². The lowest BCUT2D eigenvalue weighted by Crippen LogP contribution is -2.54. The first-order valence-electron chi connectivity index (χ1n) is 9.67. The van der Waals surface area contributed by atoms with Crippen molar-refractivity contribution in [2.75, 3.05) is 6.54 Å². The highest BCUT2D eigenvalue weighted by molar-refractivity contribution is 6.10. The molecule has 1 aliphatic heterocycles. The lowest BCUT2D eigenvalue weighted by molar-refractivity contribution is -0.137. The summed E-state index contributed by atoms with van der Waals surface area (Å²) in [7, 11) is 0. The Hall–Kier alpha value is -2.12. The van der Waals surface area contributed by atoms with Crippen molar-refractivity contribution in [3.63, 3.8) is 0 Å². The maximum Gasteiger partial charge on any atom is 0.325 e. The van der Waals surface area contributed by atoms with Gasteiger partial charge in [-0.1, -0.05) is 39.0 Å². The Morgan fingerprint density at radius 2 is 1.81 bits per heavy atom. The smallest absolute Gasteiger partial charge is 0.325 e. The molecule has 2 aliphatic carbocycles. The summed E-state index contributed by atoms with van der Waals surface area (Å²) < 4.78 is 0. The van der Waals surface area contributed by atoms with E-state index in [0.717, 1.165) is 49.8 Å². The number of carbonyl (C=O) groups excluding carboxylic acids is 4. The standard InChI is InChI=1S/C18H28N4O4/c1-12-7-5-6-10-18(12)15(24)22(17(26)21-18)11-14(23)20-16(25)19-13-8-3-2-4-9-13/h12-13H,2-11H2,1H3,(H,21,26)(H2,19,20,23,25). The van der Waals surface area contributed by atoms with Crippen LogP contribution in [0.2, 0.25) is 0 Å². The van der Waals surface area contributed by atoms with Crippen LogP contribution in [0.1, 0.15) is 64.7 Å². The van der Waals surface area contributed by atoms with E-state index in [1.165, 1.54) is 6.42 Å². The largest absolute Gasteiger partial charge is 0.335 e. The third kappa shape index (κ3) is 3.68. The molecule has 0 aromatic rings. The van der Waals surface area contributed by atoms with Crippen molar-refractivity contribution in [3.05, 3.63) is 0 Å². The van der Waals surface area contributed by atoms with Crippen molar-refractivity contribution in [2.24, 2.45) is 5.92 Å². The van der Waals surface area contributed by atoms with Gasteiger partial charge in [0.1, 0.15) is 12.1 Å². The van der Waals surface area contributed by atoms with E-state index in [-0.39, 0.29) is 17.9 Å². The summed E-state index contributed by atoms with van der Waals surface area (Å²) in [6, 6.07) is -1.03. The van der Waals surface area contributed by atoms with Crippen molar-refractivity contribution >= 4 is 23.9 Å². The molecule has 0 radical (unpaired) electrons. The molecule has 3 N–H and O–H groups in total. The Morgan fingerprint density at radius 1 is 1.12 bits per heavy atom. The van der Waals surface area contributed by atoms with Crippen LogP contribution in [0.3, 0.4) is 0 Å². The van der Waals surface area contributed by atoms with Gasteiger partial charge in [-0.25, -0.2) is 9.59 Å². The minimum Gasteiger partial charge on any atom is -0.335 e. The zero-order valence-electron chi connectivity index (χ0n) is 15.3. The molecule has 3 fully saturated rings. The fourth-order valence-electron chi connectivity index (χ4n) is 4.42. The third-order valence-corrected chi connectivity index (χ3v) is 6.00. The molecule has 144 valence electrons. The molecule has 26 heavy (non-hydrogen) atoms. The highest BCUT2D eigenvalue weighted by Gasteiger charge is 2.55. The second kappa shape index (κ2) is 7.63. The molecule has 2 saturated carbocycles. The molecular weight excluding hydrogens is 336 g/mol. The molecule has 3 aliphatic rings. The molecule has 2 unspecified atom stereocenters. The minimum absolute atomic E-state index is 0.0374. The van der Waals surface area contributed by atoms with E-state index < -0.39 is 30.1 Å². The van der Waals surface area contributed by atoms with Gasteiger partial charge in [0, 0.05) is 6.04 Å². The topological polar surface area (TPSA) is 108 Å². The number of hydrogen-bond acceptors (Lipinski definition) is 4. The molecule has 1 saturated heterocycles. The van der Waals surface area contributed by atoms with Gasteiger partial charge in [-0.3, -0.25) is 19.8 Å². The maximum absolute atomic E-state index is 12.8. The predicted octanol–water partition coefficient (Wildman–Crippen LogP) is 1.65. The molecule has 1 heterocycles. The number of amides is 6. The highest BCUT2D eigenvalue weighted by atomic mass is 16.2. The van der Waals surface area contributed by atoms with E-state index in [1.54, 1.807) is 0 Å². The van der Waals surface area contributed by atoms with E-state index in [4.69, 9.17) is 0 Å². The quantitative estimate of drug-likeness (QED) is 0.662. The fraction of sp³-hybridized carbons (Fsp3) is 0.778. The Balaban J connectivity index is 1.54. The van der Waals surface area contributed by atoms with Crippen molar-refractivity contribution in [3.8, 4) is 0 Å². The normalized spacial score (nSPS) is 29.6. The van der Waals surface area contributed by atoms with Crippen LogP contribution in [0.25, 0.3) is 0 Å². The Kier molecular flexibility index (Phi) is 5.48. The summed E-state index contributed by atoms with van der Waals surface area (Å²) in [4.78, 5) is 50.1. The van der Waals surface area contributed by atoms with Crippen LogP contribution in [0.4, 0.5) is 9.59 Å². The summed E-state index contributed by atoms with van der Waals surface area (Å²) in [6.07, 6.45) is 8.52. The van der Waals surface area contributed by atoms with Crippen molar-refractivity contribution in [1.82, 2.24) is 20.9 Å². The van der Waals surface area contributed by atoms with E-state index in [2.05, 4.69) is 16.0 Å². The molecule has 6 amide bonds. The van der Waals surface area contributed by atoms with Crippen molar-refractivity contribution < 1.29 is 19.2 Å². The van der Waals surface area contributed by atoms with Gasteiger partial charge in [-0.2, -0.15) is 0 Å². The second-order valence-corrected chi connectivity index (χ2v) is 7.80. The summed E-state index contributed by atoms with van der Waals surface area (Å²) in [6.45, 7) is 1.52. The van der Waals surface area contributed by atoms with E-state index in [1.807, 2.05) is 6.92 Å². The highest BCUT2D eigenvalue weighted by Crippen LogP contribution is 2.38. The minimum atomic E-state index is -0.889. The lowest BCUT2D eigenvalue weighted by Gasteiger charge is -2.36. The van der Waals surface area contributed by atoms with Crippen LogP contribution in [0.15, 0.2) is 0 Å². The number of nitrogens with zero attached hydrogens (tertiary/aromatic N) is 1. The van der Waals surface area contributed by atoms with Crippen LogP contribution >= 0.6 is 0 Å². The van der Waals surface area contributed by atoms with Gasteiger partial charge < -0.3 is 10.6 Å². The average Bonchev–Trinajstić information content (AvgIpc) is 2.83. The number of carbonyl (C=O) groups is 4. The Bertz CT molecular complexity index is 602. The molecule has 0 aromatic carbocycles. The van der Waals surface area contributed by atoms with E-state index in [9.17, 15) is 19.2 Å². The van der Waals surface area contributed by atoms with Gasteiger partial charge in [-0.05, 0) is 31.6 Å². The maximum atomic E-state index is 12.8. The summed E-state index contributed by atoms with van der Waals surface area (Å²) in [5.41, 5.74) is -0.889. The molecule has 0 aromatic heterocycles. The number of hydrogen-bond donors (Lipinski definition) is 3. The van der Waals surface area contributed by atoms with Crippen LogP contribution in [-0.2, 0) is 9.59 Å². The molecule has 3 rings (SSSR count). The number of imide groups is 2. The summed E-state index contributed by atoms with van der Waals surface area (Å²) >= 11 is 0. The average molecular weight is 364 g/mol. The van der Waals surface area contributed by atoms with Crippen LogP contribution in [0.5, 0.6) is 0 Å². The van der Waals surface area contributed by atoms with Crippen LogP contribution in [-0.4, -0.2) is 46.9 Å². The van der Waals surface area contributed by atoms with E-state index >= 15 is 0 Å². The lowest BCUT2D eigenvalue weighted by atomic mass is 9.73. The molecule has 8 heteroatoms. The zero-order valence-corrected chi connectivity index (χ0v) is 15.3. The first-order chi connectivity index (χ1) is 12.4. The van der Waals surface area contributed by atoms with Crippen molar-refractivity contribution in [1.29, 1.82) is 0 Å². The van der Waals surface area contributed by atoms with E-state index in [0.29, 0.717) is 6.42 Å². The number of rotatable bonds is 3. The van der Waals surface area contributed by atoms with Crippen LogP contribution in [0, 0.1) is 5.92 Å². The van der Waals surface area contributed by atoms with Crippen LogP contribution < -0.4 is 16.0 Å². The fourth-order valence-corrected chi connectivity index (χ4v) is 4.42. The zero-order chi connectivity index (χ0) is 18.7. The molecule has 2 atom stereocenters. The number of urea groups is 2. The monoisotopic (exact) mass is 364 g/mol. The first-order valence-corrected chi connectivity index (χ1v) is 9.67. The van der Waals surface area contributed by atoms with Gasteiger partial charge in [-0.15, -0.1) is 0 Å². The molecular formula is C18H28N4O4.